The van der Waals surface area contributed by atoms with Gasteiger partial charge in [-0.3, -0.25) is 9.59 Å². The molecule has 1 fully saturated rings. The number of nitrogens with zero attached hydrogens (tertiary/aromatic N) is 1. The van der Waals surface area contributed by atoms with E-state index in [9.17, 15) is 12.3 Å². The topological polar surface area (TPSA) is 80.0 Å². The van der Waals surface area contributed by atoms with Crippen molar-refractivity contribution in [1.29, 1.82) is 0 Å². The summed E-state index contributed by atoms with van der Waals surface area (Å²) in [7, 11) is 0. The zero-order valence-corrected chi connectivity index (χ0v) is 20.9. The Bertz CT molecular complexity index is 1230. The summed E-state index contributed by atoms with van der Waals surface area (Å²) < 4.78 is 29.8. The van der Waals surface area contributed by atoms with E-state index in [4.69, 9.17) is 14.3 Å². The largest absolute Gasteiger partial charge is 0.493 e. The molecule has 6 nitrogen and oxygen atoms in total. The maximum Gasteiger partial charge on any atom is 0.303 e. The van der Waals surface area contributed by atoms with E-state index in [0.717, 1.165) is 24.0 Å². The Balaban J connectivity index is 1.58. The SMILES string of the molecule is [2H]C([2H])(c1cc(C2CC2)ccc1OCCCCCC(=O)O)N(C(=O)c1ccc(-c2ccco2)cc1)C(C)C. The van der Waals surface area contributed by atoms with Crippen molar-refractivity contribution in [3.05, 3.63) is 77.6 Å². The second kappa shape index (κ2) is 11.9. The monoisotopic (exact) mass is 491 g/mol. The van der Waals surface area contributed by atoms with E-state index in [1.807, 2.05) is 18.2 Å². The van der Waals surface area contributed by atoms with Crippen molar-refractivity contribution < 1.29 is 26.6 Å². The third kappa shape index (κ3) is 6.78. The van der Waals surface area contributed by atoms with Crippen LogP contribution < -0.4 is 4.74 Å². The van der Waals surface area contributed by atoms with Gasteiger partial charge in [-0.15, -0.1) is 0 Å². The lowest BCUT2D eigenvalue weighted by molar-refractivity contribution is -0.137. The van der Waals surface area contributed by atoms with E-state index in [1.54, 1.807) is 56.5 Å². The molecule has 2 aromatic carbocycles. The van der Waals surface area contributed by atoms with Gasteiger partial charge in [-0.25, -0.2) is 0 Å². The van der Waals surface area contributed by atoms with Gasteiger partial charge in [0, 0.05) is 35.6 Å². The number of carbonyl (C=O) groups is 2. The molecule has 36 heavy (non-hydrogen) atoms. The van der Waals surface area contributed by atoms with Crippen molar-refractivity contribution in [3.8, 4) is 17.1 Å². The molecular formula is C30H35NO5. The van der Waals surface area contributed by atoms with Gasteiger partial charge in [-0.05, 0) is 87.8 Å². The van der Waals surface area contributed by atoms with Crippen LogP contribution in [-0.2, 0) is 11.3 Å². The molecule has 190 valence electrons. The molecular weight excluding hydrogens is 454 g/mol. The number of unbranched alkanes of at least 4 members (excludes halogenated alkanes) is 2. The van der Waals surface area contributed by atoms with Crippen molar-refractivity contribution in [2.24, 2.45) is 0 Å². The van der Waals surface area contributed by atoms with Crippen LogP contribution in [-0.4, -0.2) is 34.5 Å². The summed E-state index contributed by atoms with van der Waals surface area (Å²) in [6, 6.07) is 15.8. The zero-order valence-electron chi connectivity index (χ0n) is 22.9. The smallest absolute Gasteiger partial charge is 0.303 e. The van der Waals surface area contributed by atoms with Crippen LogP contribution in [0.25, 0.3) is 11.3 Å². The van der Waals surface area contributed by atoms with Crippen molar-refractivity contribution in [3.63, 3.8) is 0 Å². The summed E-state index contributed by atoms with van der Waals surface area (Å²) in [6.07, 6.45) is 5.80. The molecule has 0 bridgehead atoms. The van der Waals surface area contributed by atoms with Crippen LogP contribution in [0.2, 0.25) is 0 Å². The van der Waals surface area contributed by atoms with Crippen LogP contribution in [0.4, 0.5) is 0 Å². The van der Waals surface area contributed by atoms with E-state index < -0.39 is 24.4 Å². The molecule has 0 atom stereocenters. The lowest BCUT2D eigenvalue weighted by Gasteiger charge is -2.28. The Kier molecular flexibility index (Phi) is 7.59. The molecule has 1 aliphatic carbocycles. The highest BCUT2D eigenvalue weighted by atomic mass is 16.5. The summed E-state index contributed by atoms with van der Waals surface area (Å²) in [5.74, 6) is 0.288. The number of furan rings is 1. The standard InChI is InChI=1S/C30H35NO5/c1-21(2)31(30(34)24-13-11-23(12-14-24)27-7-6-18-36-27)20-26-19-25(22-9-10-22)15-16-28(26)35-17-5-3-4-8-29(32)33/h6-7,11-16,18-19,21-22H,3-5,8-10,17,20H2,1-2H3,(H,32,33)/i20D2. The molecule has 4 rings (SSSR count). The van der Waals surface area contributed by atoms with Gasteiger partial charge in [0.2, 0.25) is 0 Å². The van der Waals surface area contributed by atoms with Gasteiger partial charge in [0.1, 0.15) is 11.5 Å². The number of hydrogen-bond donors (Lipinski definition) is 1. The van der Waals surface area contributed by atoms with Crippen LogP contribution in [0.5, 0.6) is 5.75 Å². The summed E-state index contributed by atoms with van der Waals surface area (Å²) in [4.78, 5) is 25.7. The molecule has 1 heterocycles. The Morgan fingerprint density at radius 2 is 1.89 bits per heavy atom. The first-order valence-electron chi connectivity index (χ1n) is 13.6. The molecule has 6 heteroatoms. The molecule has 0 unspecified atom stereocenters. The summed E-state index contributed by atoms with van der Waals surface area (Å²) >= 11 is 0. The van der Waals surface area contributed by atoms with Crippen molar-refractivity contribution in [1.82, 2.24) is 4.90 Å². The number of benzene rings is 2. The van der Waals surface area contributed by atoms with Crippen molar-refractivity contribution in [2.45, 2.75) is 70.8 Å². The van der Waals surface area contributed by atoms with Crippen molar-refractivity contribution in [2.75, 3.05) is 6.61 Å². The Labute approximate surface area is 215 Å². The maximum atomic E-state index is 13.7. The van der Waals surface area contributed by atoms with E-state index in [-0.39, 0.29) is 6.42 Å². The van der Waals surface area contributed by atoms with Crippen LogP contribution in [0.15, 0.2) is 65.3 Å². The predicted octanol–water partition coefficient (Wildman–Crippen LogP) is 6.90. The molecule has 3 aromatic rings. The van der Waals surface area contributed by atoms with Crippen LogP contribution in [0.3, 0.4) is 0 Å². The molecule has 1 amide bonds. The first-order valence-corrected chi connectivity index (χ1v) is 12.6. The maximum absolute atomic E-state index is 13.7. The van der Waals surface area contributed by atoms with Gasteiger partial charge in [0.25, 0.3) is 5.91 Å². The third-order valence-corrected chi connectivity index (χ3v) is 6.26. The molecule has 0 saturated heterocycles. The molecule has 0 spiro atoms. The highest BCUT2D eigenvalue weighted by molar-refractivity contribution is 5.94. The summed E-state index contributed by atoms with van der Waals surface area (Å²) in [6.45, 7) is 1.82. The molecule has 0 aliphatic heterocycles. The van der Waals surface area contributed by atoms with Gasteiger partial charge in [-0.1, -0.05) is 24.3 Å². The number of ether oxygens (including phenoxy) is 1. The van der Waals surface area contributed by atoms with E-state index in [0.29, 0.717) is 54.4 Å². The quantitative estimate of drug-likeness (QED) is 0.263. The average molecular weight is 492 g/mol. The van der Waals surface area contributed by atoms with Crippen LogP contribution >= 0.6 is 0 Å². The molecule has 1 N–H and O–H groups in total. The first-order chi connectivity index (χ1) is 18.2. The summed E-state index contributed by atoms with van der Waals surface area (Å²) in [5, 5.41) is 8.82. The second-order valence-electron chi connectivity index (χ2n) is 9.52. The van der Waals surface area contributed by atoms with E-state index >= 15 is 0 Å². The van der Waals surface area contributed by atoms with E-state index in [1.165, 1.54) is 4.90 Å². The second-order valence-corrected chi connectivity index (χ2v) is 9.52. The number of carbonyl (C=O) groups excluding carboxylic acids is 1. The highest BCUT2D eigenvalue weighted by Gasteiger charge is 2.26. The zero-order chi connectivity index (χ0) is 27.3. The number of aliphatic carboxylic acids is 1. The van der Waals surface area contributed by atoms with Gasteiger partial charge in [-0.2, -0.15) is 0 Å². The Hall–Kier alpha value is -3.54. The number of hydrogen-bond acceptors (Lipinski definition) is 4. The van der Waals surface area contributed by atoms with Gasteiger partial charge < -0.3 is 19.2 Å². The normalized spacial score (nSPS) is 14.3. The highest BCUT2D eigenvalue weighted by Crippen LogP contribution is 2.41. The minimum absolute atomic E-state index is 0.123. The number of amides is 1. The minimum atomic E-state index is -2.13. The molecule has 1 aromatic heterocycles. The molecule has 1 aliphatic rings. The fourth-order valence-corrected chi connectivity index (χ4v) is 4.07. The predicted molar refractivity (Wildman–Crippen MR) is 139 cm³/mol. The minimum Gasteiger partial charge on any atom is -0.493 e. The number of carboxylic acid groups (broad SMARTS) is 1. The lowest BCUT2D eigenvalue weighted by Crippen LogP contribution is -2.36. The van der Waals surface area contributed by atoms with Crippen molar-refractivity contribution >= 4 is 11.9 Å². The van der Waals surface area contributed by atoms with Crippen LogP contribution in [0, 0.1) is 0 Å². The average Bonchev–Trinajstić information content (AvgIpc) is 3.59. The van der Waals surface area contributed by atoms with Crippen LogP contribution in [0.1, 0.15) is 82.5 Å². The van der Waals surface area contributed by atoms with Gasteiger partial charge in [0.05, 0.1) is 15.6 Å². The molecule has 0 radical (unpaired) electrons. The number of carboxylic acids is 1. The van der Waals surface area contributed by atoms with Gasteiger partial charge in [0.15, 0.2) is 0 Å². The third-order valence-electron chi connectivity index (χ3n) is 6.26. The fraction of sp³-hybridized carbons (Fsp3) is 0.400. The van der Waals surface area contributed by atoms with Gasteiger partial charge >= 0.3 is 5.97 Å². The molecule has 1 saturated carbocycles. The summed E-state index contributed by atoms with van der Waals surface area (Å²) in [5.41, 5.74) is 2.61. The fourth-order valence-electron chi connectivity index (χ4n) is 4.07. The van der Waals surface area contributed by atoms with E-state index in [2.05, 4.69) is 0 Å². The Morgan fingerprint density at radius 3 is 2.53 bits per heavy atom. The first kappa shape index (κ1) is 22.9. The Morgan fingerprint density at radius 1 is 1.11 bits per heavy atom. The lowest BCUT2D eigenvalue weighted by atomic mass is 10.0. The number of rotatable bonds is 13.